The fourth-order valence-corrected chi connectivity index (χ4v) is 3.15. The van der Waals surface area contributed by atoms with Crippen molar-refractivity contribution in [2.75, 3.05) is 19.6 Å². The van der Waals surface area contributed by atoms with Crippen LogP contribution in [-0.2, 0) is 6.54 Å². The number of pyridine rings is 1. The minimum atomic E-state index is 0. The molecule has 6 heteroatoms. The van der Waals surface area contributed by atoms with Crippen molar-refractivity contribution in [2.45, 2.75) is 25.8 Å². The highest BCUT2D eigenvalue weighted by atomic mass is 127. The van der Waals surface area contributed by atoms with E-state index in [1.807, 2.05) is 6.07 Å². The number of aromatic nitrogens is 1. The Kier molecular flexibility index (Phi) is 7.96. The van der Waals surface area contributed by atoms with Crippen LogP contribution < -0.4 is 5.32 Å². The van der Waals surface area contributed by atoms with Gasteiger partial charge in [0.25, 0.3) is 0 Å². The lowest BCUT2D eigenvalue weighted by molar-refractivity contribution is 0.486. The number of hydrogen-bond donors (Lipinski definition) is 1. The lowest BCUT2D eigenvalue weighted by Gasteiger charge is -2.21. The summed E-state index contributed by atoms with van der Waals surface area (Å²) in [7, 11) is 0. The summed E-state index contributed by atoms with van der Waals surface area (Å²) in [5.41, 5.74) is 2.48. The van der Waals surface area contributed by atoms with Gasteiger partial charge in [0.2, 0.25) is 0 Å². The zero-order valence-corrected chi connectivity index (χ0v) is 17.4. The molecule has 2 aromatic rings. The normalized spacial score (nSPS) is 17.3. The van der Waals surface area contributed by atoms with E-state index in [1.165, 1.54) is 5.56 Å². The van der Waals surface area contributed by atoms with E-state index < -0.39 is 0 Å². The van der Waals surface area contributed by atoms with Crippen LogP contribution in [0.1, 0.15) is 30.4 Å². The highest BCUT2D eigenvalue weighted by Crippen LogP contribution is 2.26. The number of hydrogen-bond acceptors (Lipinski definition) is 2. The smallest absolute Gasteiger partial charge is 0.194 e. The van der Waals surface area contributed by atoms with Crippen LogP contribution in [0, 0.1) is 0 Å². The van der Waals surface area contributed by atoms with Gasteiger partial charge < -0.3 is 10.2 Å². The van der Waals surface area contributed by atoms with Crippen LogP contribution in [0.3, 0.4) is 0 Å². The first-order chi connectivity index (χ1) is 11.8. The zero-order chi connectivity index (χ0) is 16.8. The third-order valence-corrected chi connectivity index (χ3v) is 4.52. The van der Waals surface area contributed by atoms with Crippen molar-refractivity contribution in [3.63, 3.8) is 0 Å². The molecule has 1 unspecified atom stereocenters. The fourth-order valence-electron chi connectivity index (χ4n) is 3.04. The quantitative estimate of drug-likeness (QED) is 0.313. The van der Waals surface area contributed by atoms with E-state index in [-0.39, 0.29) is 24.0 Å². The number of rotatable bonds is 4. The molecule has 134 valence electrons. The van der Waals surface area contributed by atoms with Crippen molar-refractivity contribution in [3.05, 3.63) is 64.9 Å². The summed E-state index contributed by atoms with van der Waals surface area (Å²) in [5.74, 6) is 1.55. The molecule has 25 heavy (non-hydrogen) atoms. The Bertz CT molecular complexity index is 676. The summed E-state index contributed by atoms with van der Waals surface area (Å²) in [6.07, 6.45) is 2.95. The number of nitrogens with zero attached hydrogens (tertiary/aromatic N) is 3. The van der Waals surface area contributed by atoms with Crippen molar-refractivity contribution in [2.24, 2.45) is 4.99 Å². The van der Waals surface area contributed by atoms with Crippen LogP contribution in [-0.4, -0.2) is 35.5 Å². The lowest BCUT2D eigenvalue weighted by Crippen LogP contribution is -2.40. The van der Waals surface area contributed by atoms with Crippen molar-refractivity contribution in [1.82, 2.24) is 15.2 Å². The largest absolute Gasteiger partial charge is 0.357 e. The molecule has 0 bridgehead atoms. The molecule has 1 atom stereocenters. The fraction of sp³-hybridized carbons (Fsp3) is 0.368. The summed E-state index contributed by atoms with van der Waals surface area (Å²) in [6, 6.07) is 14.5. The average molecular weight is 471 g/mol. The summed E-state index contributed by atoms with van der Waals surface area (Å²) >= 11 is 5.83. The van der Waals surface area contributed by atoms with E-state index in [0.29, 0.717) is 17.6 Å². The van der Waals surface area contributed by atoms with Crippen LogP contribution in [0.2, 0.25) is 5.15 Å². The first kappa shape index (κ1) is 20.0. The van der Waals surface area contributed by atoms with E-state index in [0.717, 1.165) is 37.6 Å². The maximum absolute atomic E-state index is 5.83. The summed E-state index contributed by atoms with van der Waals surface area (Å²) in [5, 5.41) is 3.92. The van der Waals surface area contributed by atoms with E-state index in [9.17, 15) is 0 Å². The molecule has 0 spiro atoms. The maximum Gasteiger partial charge on any atom is 0.194 e. The third-order valence-electron chi connectivity index (χ3n) is 4.29. The Hall–Kier alpha value is -1.34. The van der Waals surface area contributed by atoms with Gasteiger partial charge in [-0.1, -0.05) is 48.0 Å². The lowest BCUT2D eigenvalue weighted by atomic mass is 9.99. The molecule has 1 aromatic carbocycles. The molecule has 1 aromatic heterocycles. The van der Waals surface area contributed by atoms with Gasteiger partial charge in [-0.05, 0) is 30.5 Å². The molecule has 1 N–H and O–H groups in total. The number of halogens is 2. The third kappa shape index (κ3) is 5.57. The predicted molar refractivity (Wildman–Crippen MR) is 115 cm³/mol. The van der Waals surface area contributed by atoms with Crippen molar-refractivity contribution >= 4 is 41.5 Å². The van der Waals surface area contributed by atoms with Gasteiger partial charge in [0.1, 0.15) is 5.15 Å². The van der Waals surface area contributed by atoms with Gasteiger partial charge in [0.15, 0.2) is 5.96 Å². The van der Waals surface area contributed by atoms with Gasteiger partial charge in [0, 0.05) is 31.7 Å². The molecule has 0 aliphatic carbocycles. The Labute approximate surface area is 171 Å². The monoisotopic (exact) mass is 470 g/mol. The molecule has 0 amide bonds. The number of guanidine groups is 1. The Morgan fingerprint density at radius 1 is 1.28 bits per heavy atom. The van der Waals surface area contributed by atoms with Crippen LogP contribution >= 0.6 is 35.6 Å². The Morgan fingerprint density at radius 2 is 2.08 bits per heavy atom. The van der Waals surface area contributed by atoms with Crippen LogP contribution in [0.4, 0.5) is 0 Å². The number of benzene rings is 1. The molecule has 2 heterocycles. The molecule has 1 aliphatic heterocycles. The van der Waals surface area contributed by atoms with E-state index in [2.05, 4.69) is 52.5 Å². The van der Waals surface area contributed by atoms with Crippen LogP contribution in [0.25, 0.3) is 0 Å². The van der Waals surface area contributed by atoms with Crippen molar-refractivity contribution < 1.29 is 0 Å². The van der Waals surface area contributed by atoms with E-state index >= 15 is 0 Å². The Morgan fingerprint density at radius 3 is 2.76 bits per heavy atom. The van der Waals surface area contributed by atoms with Crippen molar-refractivity contribution in [1.29, 1.82) is 0 Å². The molecular weight excluding hydrogens is 447 g/mol. The second-order valence-corrected chi connectivity index (χ2v) is 6.39. The molecule has 1 fully saturated rings. The molecule has 4 nitrogen and oxygen atoms in total. The topological polar surface area (TPSA) is 40.5 Å². The van der Waals surface area contributed by atoms with Gasteiger partial charge in [-0.3, -0.25) is 0 Å². The van der Waals surface area contributed by atoms with E-state index in [1.54, 1.807) is 12.3 Å². The molecule has 1 saturated heterocycles. The molecule has 3 rings (SSSR count). The summed E-state index contributed by atoms with van der Waals surface area (Å²) < 4.78 is 0. The second kappa shape index (κ2) is 9.97. The number of aliphatic imine (C=N–C) groups is 1. The summed E-state index contributed by atoms with van der Waals surface area (Å²) in [6.45, 7) is 5.62. The number of likely N-dealkylation sites (tertiary alicyclic amines) is 1. The first-order valence-electron chi connectivity index (χ1n) is 8.45. The minimum absolute atomic E-state index is 0. The van der Waals surface area contributed by atoms with Crippen LogP contribution in [0.15, 0.2) is 53.7 Å². The van der Waals surface area contributed by atoms with Crippen molar-refractivity contribution in [3.8, 4) is 0 Å². The highest BCUT2D eigenvalue weighted by molar-refractivity contribution is 14.0. The number of nitrogens with one attached hydrogen (secondary N) is 1. The van der Waals surface area contributed by atoms with Crippen LogP contribution in [0.5, 0.6) is 0 Å². The van der Waals surface area contributed by atoms with Gasteiger partial charge in [-0.2, -0.15) is 0 Å². The standard InChI is InChI=1S/C19H23ClN4.HI/c1-2-21-19(23-13-15-8-9-18(20)22-12-15)24-11-10-17(14-24)16-6-4-3-5-7-16;/h3-9,12,17H,2,10-11,13-14H2,1H3,(H,21,23);1H. The minimum Gasteiger partial charge on any atom is -0.357 e. The first-order valence-corrected chi connectivity index (χ1v) is 8.82. The average Bonchev–Trinajstić information content (AvgIpc) is 3.11. The molecule has 1 aliphatic rings. The van der Waals surface area contributed by atoms with Gasteiger partial charge in [-0.25, -0.2) is 9.98 Å². The molecular formula is C19H24ClIN4. The highest BCUT2D eigenvalue weighted by Gasteiger charge is 2.25. The zero-order valence-electron chi connectivity index (χ0n) is 14.4. The van der Waals surface area contributed by atoms with Gasteiger partial charge in [-0.15, -0.1) is 24.0 Å². The SMILES string of the molecule is CCNC(=NCc1ccc(Cl)nc1)N1CCC(c2ccccc2)C1.I. The molecule has 0 radical (unpaired) electrons. The van der Waals surface area contributed by atoms with Gasteiger partial charge >= 0.3 is 0 Å². The summed E-state index contributed by atoms with van der Waals surface area (Å²) in [4.78, 5) is 11.2. The second-order valence-electron chi connectivity index (χ2n) is 6.00. The Balaban J connectivity index is 0.00000225. The van der Waals surface area contributed by atoms with E-state index in [4.69, 9.17) is 16.6 Å². The van der Waals surface area contributed by atoms with Gasteiger partial charge in [0.05, 0.1) is 6.54 Å². The predicted octanol–water partition coefficient (Wildman–Crippen LogP) is 4.31. The maximum atomic E-state index is 5.83. The molecule has 0 saturated carbocycles.